The Balaban J connectivity index is 1.94. The van der Waals surface area contributed by atoms with Crippen molar-refractivity contribution in [1.29, 1.82) is 0 Å². The van der Waals surface area contributed by atoms with E-state index in [0.29, 0.717) is 6.54 Å². The van der Waals surface area contributed by atoms with Crippen LogP contribution in [0.4, 0.5) is 16.2 Å². The van der Waals surface area contributed by atoms with E-state index < -0.39 is 0 Å². The Morgan fingerprint density at radius 3 is 2.73 bits per heavy atom. The number of carbonyl (C=O) groups is 1. The number of rotatable bonds is 6. The third-order valence-corrected chi connectivity index (χ3v) is 4.93. The van der Waals surface area contributed by atoms with E-state index in [-0.39, 0.29) is 18.1 Å². The number of aliphatic hydroxyl groups is 1. The van der Waals surface area contributed by atoms with Gasteiger partial charge in [0.2, 0.25) is 0 Å². The quantitative estimate of drug-likeness (QED) is 0.757. The molecule has 3 N–H and O–H groups in total. The zero-order valence-corrected chi connectivity index (χ0v) is 13.8. The smallest absolute Gasteiger partial charge is 0.319 e. The molecule has 1 aliphatic rings. The Labute approximate surface area is 132 Å². The highest BCUT2D eigenvalue weighted by atomic mass is 16.3. The topological polar surface area (TPSA) is 64.6 Å². The molecule has 0 unspecified atom stereocenters. The zero-order chi connectivity index (χ0) is 16.2. The highest BCUT2D eigenvalue weighted by Crippen LogP contribution is 2.29. The van der Waals surface area contributed by atoms with E-state index in [9.17, 15) is 9.90 Å². The molecule has 2 rings (SSSR count). The maximum absolute atomic E-state index is 12.1. The average Bonchev–Trinajstić information content (AvgIpc) is 2.90. The van der Waals surface area contributed by atoms with E-state index in [1.165, 1.54) is 11.3 Å². The molecule has 0 aliphatic carbocycles. The average molecular weight is 305 g/mol. The Bertz CT molecular complexity index is 518. The van der Waals surface area contributed by atoms with E-state index >= 15 is 0 Å². The number of anilines is 2. The van der Waals surface area contributed by atoms with Crippen LogP contribution in [-0.4, -0.2) is 37.9 Å². The first kappa shape index (κ1) is 16.6. The predicted octanol–water partition coefficient (Wildman–Crippen LogP) is 2.60. The number of amides is 2. The first-order valence-electron chi connectivity index (χ1n) is 8.03. The molecule has 0 fully saturated rings. The molecule has 5 nitrogen and oxygen atoms in total. The Kier molecular flexibility index (Phi) is 5.29. The first-order valence-corrected chi connectivity index (χ1v) is 8.03. The molecule has 2 amide bonds. The highest BCUT2D eigenvalue weighted by Gasteiger charge is 2.25. The lowest BCUT2D eigenvalue weighted by molar-refractivity contribution is 0.116. The fourth-order valence-corrected chi connectivity index (χ4v) is 2.84. The summed E-state index contributed by atoms with van der Waals surface area (Å²) in [6, 6.07) is 5.81. The lowest BCUT2D eigenvalue weighted by Crippen LogP contribution is -2.41. The van der Waals surface area contributed by atoms with E-state index in [4.69, 9.17) is 0 Å². The summed E-state index contributed by atoms with van der Waals surface area (Å²) in [5, 5.41) is 15.3. The summed E-state index contributed by atoms with van der Waals surface area (Å²) in [4.78, 5) is 14.3. The van der Waals surface area contributed by atoms with E-state index in [1.807, 2.05) is 26.0 Å². The second-order valence-corrected chi connectivity index (χ2v) is 6.19. The molecule has 0 atom stereocenters. The number of nitrogens with zero attached hydrogens (tertiary/aromatic N) is 1. The van der Waals surface area contributed by atoms with Gasteiger partial charge >= 0.3 is 6.03 Å². The van der Waals surface area contributed by atoms with Crippen LogP contribution in [0.5, 0.6) is 0 Å². The number of hydrogen-bond donors (Lipinski definition) is 3. The van der Waals surface area contributed by atoms with Gasteiger partial charge in [-0.15, -0.1) is 0 Å². The van der Waals surface area contributed by atoms with Gasteiger partial charge in [-0.1, -0.05) is 19.9 Å². The summed E-state index contributed by atoms with van der Waals surface area (Å²) in [6.07, 6.45) is 2.73. The monoisotopic (exact) mass is 305 g/mol. The molecule has 0 aromatic heterocycles. The standard InChI is InChI=1S/C17H27N3O2/c1-4-17(5-2,12-21)11-18-16(22)19-14-7-6-13-8-9-20(3)15(13)10-14/h6-7,10,21H,4-5,8-9,11-12H2,1-3H3,(H2,18,19,22). The maximum Gasteiger partial charge on any atom is 0.319 e. The van der Waals surface area contributed by atoms with Crippen molar-refractivity contribution in [3.8, 4) is 0 Å². The summed E-state index contributed by atoms with van der Waals surface area (Å²) in [6.45, 7) is 5.67. The van der Waals surface area contributed by atoms with E-state index in [1.54, 1.807) is 0 Å². The molecule has 1 aromatic carbocycles. The first-order chi connectivity index (χ1) is 10.5. The summed E-state index contributed by atoms with van der Waals surface area (Å²) < 4.78 is 0. The van der Waals surface area contributed by atoms with E-state index in [2.05, 4.69) is 28.6 Å². The van der Waals surface area contributed by atoms with Gasteiger partial charge in [-0.05, 0) is 37.0 Å². The lowest BCUT2D eigenvalue weighted by atomic mass is 9.83. The van der Waals surface area contributed by atoms with Gasteiger partial charge in [0.1, 0.15) is 0 Å². The molecule has 1 aromatic rings. The van der Waals surface area contributed by atoms with Gasteiger partial charge in [-0.2, -0.15) is 0 Å². The van der Waals surface area contributed by atoms with Gasteiger partial charge in [-0.3, -0.25) is 0 Å². The SMILES string of the molecule is CCC(CC)(CO)CNC(=O)Nc1ccc2c(c1)N(C)CC2. The summed E-state index contributed by atoms with van der Waals surface area (Å²) >= 11 is 0. The fraction of sp³-hybridized carbons (Fsp3) is 0.588. The fourth-order valence-electron chi connectivity index (χ4n) is 2.84. The molecule has 0 saturated carbocycles. The second-order valence-electron chi connectivity index (χ2n) is 6.19. The summed E-state index contributed by atoms with van der Waals surface area (Å²) in [7, 11) is 2.06. The van der Waals surface area contributed by atoms with Crippen LogP contribution < -0.4 is 15.5 Å². The normalized spacial score (nSPS) is 13.9. The van der Waals surface area contributed by atoms with Crippen LogP contribution in [0.15, 0.2) is 18.2 Å². The van der Waals surface area contributed by atoms with Crippen molar-refractivity contribution in [3.05, 3.63) is 23.8 Å². The highest BCUT2D eigenvalue weighted by molar-refractivity contribution is 5.90. The molecule has 0 bridgehead atoms. The van der Waals surface area contributed by atoms with Gasteiger partial charge in [0.05, 0.1) is 6.61 Å². The molecular weight excluding hydrogens is 278 g/mol. The van der Waals surface area contributed by atoms with Gasteiger partial charge in [0.15, 0.2) is 0 Å². The largest absolute Gasteiger partial charge is 0.396 e. The molecule has 122 valence electrons. The zero-order valence-electron chi connectivity index (χ0n) is 13.8. The van der Waals surface area contributed by atoms with Crippen molar-refractivity contribution >= 4 is 17.4 Å². The van der Waals surface area contributed by atoms with Crippen molar-refractivity contribution in [2.45, 2.75) is 33.1 Å². The molecule has 0 spiro atoms. The summed E-state index contributed by atoms with van der Waals surface area (Å²) in [5.41, 5.74) is 3.08. The van der Waals surface area contributed by atoms with Crippen LogP contribution in [0.1, 0.15) is 32.3 Å². The van der Waals surface area contributed by atoms with Crippen LogP contribution in [-0.2, 0) is 6.42 Å². The number of hydrogen-bond acceptors (Lipinski definition) is 3. The number of urea groups is 1. The number of benzene rings is 1. The van der Waals surface area contributed by atoms with Crippen molar-refractivity contribution in [2.75, 3.05) is 37.0 Å². The number of fused-ring (bicyclic) bond motifs is 1. The molecule has 1 aliphatic heterocycles. The maximum atomic E-state index is 12.1. The van der Waals surface area contributed by atoms with Crippen LogP contribution in [0.2, 0.25) is 0 Å². The van der Waals surface area contributed by atoms with Crippen LogP contribution in [0, 0.1) is 5.41 Å². The molecule has 0 radical (unpaired) electrons. The minimum Gasteiger partial charge on any atom is -0.396 e. The molecule has 1 heterocycles. The Morgan fingerprint density at radius 1 is 1.36 bits per heavy atom. The molecule has 0 saturated heterocycles. The lowest BCUT2D eigenvalue weighted by Gasteiger charge is -2.29. The predicted molar refractivity (Wildman–Crippen MR) is 90.5 cm³/mol. The van der Waals surface area contributed by atoms with Crippen LogP contribution >= 0.6 is 0 Å². The van der Waals surface area contributed by atoms with Gasteiger partial charge in [0, 0.05) is 36.9 Å². The van der Waals surface area contributed by atoms with Gasteiger partial charge < -0.3 is 20.6 Å². The van der Waals surface area contributed by atoms with Gasteiger partial charge in [0.25, 0.3) is 0 Å². The second kappa shape index (κ2) is 7.01. The number of carbonyl (C=O) groups excluding carboxylic acids is 1. The third-order valence-electron chi connectivity index (χ3n) is 4.93. The Hall–Kier alpha value is -1.75. The number of aliphatic hydroxyl groups excluding tert-OH is 1. The van der Waals surface area contributed by atoms with E-state index in [0.717, 1.165) is 31.5 Å². The Morgan fingerprint density at radius 2 is 2.09 bits per heavy atom. The summed E-state index contributed by atoms with van der Waals surface area (Å²) in [5.74, 6) is 0. The van der Waals surface area contributed by atoms with Gasteiger partial charge in [-0.25, -0.2) is 4.79 Å². The van der Waals surface area contributed by atoms with Crippen LogP contribution in [0.25, 0.3) is 0 Å². The molecular formula is C17H27N3O2. The van der Waals surface area contributed by atoms with Crippen molar-refractivity contribution < 1.29 is 9.90 Å². The van der Waals surface area contributed by atoms with Crippen LogP contribution in [0.3, 0.4) is 0 Å². The number of nitrogens with one attached hydrogen (secondary N) is 2. The molecule has 22 heavy (non-hydrogen) atoms. The van der Waals surface area contributed by atoms with Crippen molar-refractivity contribution in [2.24, 2.45) is 5.41 Å². The van der Waals surface area contributed by atoms with Crippen molar-refractivity contribution in [1.82, 2.24) is 5.32 Å². The third kappa shape index (κ3) is 3.53. The molecule has 5 heteroatoms. The van der Waals surface area contributed by atoms with Crippen molar-refractivity contribution in [3.63, 3.8) is 0 Å². The minimum atomic E-state index is -0.227. The number of likely N-dealkylation sites (N-methyl/N-ethyl adjacent to an activating group) is 1. The minimum absolute atomic E-state index is 0.0872.